The second kappa shape index (κ2) is 8.87. The van der Waals surface area contributed by atoms with Crippen LogP contribution in [0.1, 0.15) is 19.4 Å². The summed E-state index contributed by atoms with van der Waals surface area (Å²) in [5, 5.41) is 22.3. The number of thioether (sulfide) groups is 1. The number of hydrogen-bond acceptors (Lipinski definition) is 6. The monoisotopic (exact) mass is 411 g/mol. The van der Waals surface area contributed by atoms with Crippen LogP contribution in [0, 0.1) is 17.0 Å². The predicted octanol–water partition coefficient (Wildman–Crippen LogP) is 4.30. The third-order valence-corrected chi connectivity index (χ3v) is 5.39. The fraction of sp³-hybridized carbons (Fsp3) is 0.250. The maximum Gasteiger partial charge on any atom is 0.269 e. The molecule has 29 heavy (non-hydrogen) atoms. The molecule has 1 amide bonds. The first-order chi connectivity index (χ1) is 13.9. The Balaban J connectivity index is 1.72. The van der Waals surface area contributed by atoms with Crippen molar-refractivity contribution in [1.82, 2.24) is 14.8 Å². The highest BCUT2D eigenvalue weighted by Gasteiger charge is 2.20. The van der Waals surface area contributed by atoms with Crippen LogP contribution in [0.3, 0.4) is 0 Å². The summed E-state index contributed by atoms with van der Waals surface area (Å²) in [5.74, 6) is 0.549. The van der Waals surface area contributed by atoms with Crippen molar-refractivity contribution in [3.8, 4) is 11.4 Å². The first-order valence-electron chi connectivity index (χ1n) is 9.11. The Hall–Kier alpha value is -3.20. The lowest BCUT2D eigenvalue weighted by Crippen LogP contribution is -2.22. The molecule has 0 aliphatic carbocycles. The van der Waals surface area contributed by atoms with E-state index in [-0.39, 0.29) is 11.6 Å². The van der Waals surface area contributed by atoms with E-state index in [4.69, 9.17) is 0 Å². The quantitative estimate of drug-likeness (QED) is 0.353. The molecule has 1 unspecified atom stereocenters. The van der Waals surface area contributed by atoms with E-state index in [9.17, 15) is 14.9 Å². The summed E-state index contributed by atoms with van der Waals surface area (Å²) in [6.07, 6.45) is 0. The molecule has 0 saturated carbocycles. The third kappa shape index (κ3) is 4.80. The van der Waals surface area contributed by atoms with Crippen molar-refractivity contribution in [3.63, 3.8) is 0 Å². The van der Waals surface area contributed by atoms with E-state index in [1.165, 1.54) is 36.0 Å². The van der Waals surface area contributed by atoms with Gasteiger partial charge in [-0.05, 0) is 39.0 Å². The van der Waals surface area contributed by atoms with E-state index in [2.05, 4.69) is 21.6 Å². The number of anilines is 1. The molecule has 1 heterocycles. The summed E-state index contributed by atoms with van der Waals surface area (Å²) in [7, 11) is 0. The third-order valence-electron chi connectivity index (χ3n) is 4.31. The smallest absolute Gasteiger partial charge is 0.269 e. The molecule has 1 atom stereocenters. The average molecular weight is 411 g/mol. The SMILES string of the molecule is CCn1c(SC(C)C(=O)Nc2ccc([N+](=O)[O-])cc2)nnc1-c1cccc(C)c1. The van der Waals surface area contributed by atoms with Crippen LogP contribution in [0.2, 0.25) is 0 Å². The van der Waals surface area contributed by atoms with Gasteiger partial charge in [0.15, 0.2) is 11.0 Å². The Morgan fingerprint density at radius 2 is 1.97 bits per heavy atom. The number of aryl methyl sites for hydroxylation is 1. The molecule has 3 rings (SSSR count). The number of nitro benzene ring substituents is 1. The molecule has 2 aromatic carbocycles. The van der Waals surface area contributed by atoms with E-state index >= 15 is 0 Å². The van der Waals surface area contributed by atoms with Crippen LogP contribution < -0.4 is 5.32 Å². The maximum atomic E-state index is 12.5. The summed E-state index contributed by atoms with van der Waals surface area (Å²) in [4.78, 5) is 22.8. The molecule has 1 N–H and O–H groups in total. The summed E-state index contributed by atoms with van der Waals surface area (Å²) < 4.78 is 1.98. The molecule has 0 fully saturated rings. The summed E-state index contributed by atoms with van der Waals surface area (Å²) in [5.41, 5.74) is 2.60. The Kier molecular flexibility index (Phi) is 6.28. The minimum absolute atomic E-state index is 0.0230. The zero-order valence-corrected chi connectivity index (χ0v) is 17.1. The van der Waals surface area contributed by atoms with Gasteiger partial charge in [0, 0.05) is 29.9 Å². The summed E-state index contributed by atoms with van der Waals surface area (Å²) in [6.45, 7) is 6.49. The molecule has 0 saturated heterocycles. The second-order valence-corrected chi connectivity index (χ2v) is 7.78. The fourth-order valence-corrected chi connectivity index (χ4v) is 3.69. The van der Waals surface area contributed by atoms with Crippen LogP contribution in [-0.2, 0) is 11.3 Å². The number of nitrogens with zero attached hydrogens (tertiary/aromatic N) is 4. The lowest BCUT2D eigenvalue weighted by atomic mass is 10.1. The lowest BCUT2D eigenvalue weighted by Gasteiger charge is -2.13. The van der Waals surface area contributed by atoms with E-state index in [1.807, 2.05) is 36.6 Å². The minimum atomic E-state index is -0.479. The largest absolute Gasteiger partial charge is 0.325 e. The number of carbonyl (C=O) groups excluding carboxylic acids is 1. The van der Waals surface area contributed by atoms with Gasteiger partial charge in [-0.25, -0.2) is 0 Å². The molecular weight excluding hydrogens is 390 g/mol. The van der Waals surface area contributed by atoms with Crippen LogP contribution in [0.15, 0.2) is 53.7 Å². The molecule has 0 bridgehead atoms. The molecule has 0 spiro atoms. The first-order valence-corrected chi connectivity index (χ1v) is 9.99. The van der Waals surface area contributed by atoms with Gasteiger partial charge in [0.05, 0.1) is 10.2 Å². The van der Waals surface area contributed by atoms with Crippen molar-refractivity contribution in [2.45, 2.75) is 37.7 Å². The van der Waals surface area contributed by atoms with Crippen LogP contribution in [0.5, 0.6) is 0 Å². The van der Waals surface area contributed by atoms with Crippen molar-refractivity contribution >= 4 is 29.0 Å². The van der Waals surface area contributed by atoms with Crippen LogP contribution in [0.25, 0.3) is 11.4 Å². The zero-order valence-electron chi connectivity index (χ0n) is 16.3. The van der Waals surface area contributed by atoms with Gasteiger partial charge >= 0.3 is 0 Å². The topological polar surface area (TPSA) is 103 Å². The van der Waals surface area contributed by atoms with Crippen LogP contribution >= 0.6 is 11.8 Å². The van der Waals surface area contributed by atoms with Gasteiger partial charge in [-0.15, -0.1) is 10.2 Å². The van der Waals surface area contributed by atoms with E-state index in [1.54, 1.807) is 6.92 Å². The Labute approximate surface area is 172 Å². The fourth-order valence-electron chi connectivity index (χ4n) is 2.78. The maximum absolute atomic E-state index is 12.5. The molecule has 150 valence electrons. The van der Waals surface area contributed by atoms with E-state index in [0.717, 1.165) is 17.0 Å². The van der Waals surface area contributed by atoms with Crippen molar-refractivity contribution in [1.29, 1.82) is 0 Å². The predicted molar refractivity (Wildman–Crippen MR) is 113 cm³/mol. The van der Waals surface area contributed by atoms with Gasteiger partial charge in [-0.2, -0.15) is 0 Å². The molecule has 0 aliphatic rings. The van der Waals surface area contributed by atoms with Gasteiger partial charge in [-0.1, -0.05) is 35.5 Å². The average Bonchev–Trinajstić information content (AvgIpc) is 3.10. The Morgan fingerprint density at radius 1 is 1.24 bits per heavy atom. The highest BCUT2D eigenvalue weighted by atomic mass is 32.2. The van der Waals surface area contributed by atoms with E-state index < -0.39 is 10.2 Å². The number of non-ortho nitro benzene ring substituents is 1. The van der Waals surface area contributed by atoms with Crippen molar-refractivity contribution in [2.75, 3.05) is 5.32 Å². The van der Waals surface area contributed by atoms with Crippen molar-refractivity contribution < 1.29 is 9.72 Å². The number of rotatable bonds is 7. The molecule has 0 aliphatic heterocycles. The molecule has 3 aromatic rings. The van der Waals surface area contributed by atoms with Gasteiger partial charge < -0.3 is 9.88 Å². The number of nitrogens with one attached hydrogen (secondary N) is 1. The second-order valence-electron chi connectivity index (χ2n) is 6.47. The number of hydrogen-bond donors (Lipinski definition) is 1. The number of benzene rings is 2. The molecule has 0 radical (unpaired) electrons. The number of amides is 1. The van der Waals surface area contributed by atoms with Crippen molar-refractivity contribution in [2.24, 2.45) is 0 Å². The summed E-state index contributed by atoms with van der Waals surface area (Å²) in [6, 6.07) is 13.8. The molecule has 8 nitrogen and oxygen atoms in total. The van der Waals surface area contributed by atoms with Crippen LogP contribution in [0.4, 0.5) is 11.4 Å². The number of carbonyl (C=O) groups is 1. The van der Waals surface area contributed by atoms with Gasteiger partial charge in [0.2, 0.25) is 5.91 Å². The number of nitro groups is 1. The zero-order chi connectivity index (χ0) is 21.0. The highest BCUT2D eigenvalue weighted by molar-refractivity contribution is 8.00. The first kappa shape index (κ1) is 20.5. The molecule has 9 heteroatoms. The Morgan fingerprint density at radius 3 is 2.59 bits per heavy atom. The van der Waals surface area contributed by atoms with Gasteiger partial charge in [0.25, 0.3) is 5.69 Å². The highest BCUT2D eigenvalue weighted by Crippen LogP contribution is 2.28. The molecular formula is C20H21N5O3S. The van der Waals surface area contributed by atoms with Crippen LogP contribution in [-0.4, -0.2) is 30.8 Å². The minimum Gasteiger partial charge on any atom is -0.325 e. The summed E-state index contributed by atoms with van der Waals surface area (Å²) >= 11 is 1.32. The number of aromatic nitrogens is 3. The van der Waals surface area contributed by atoms with Crippen molar-refractivity contribution in [3.05, 3.63) is 64.2 Å². The van der Waals surface area contributed by atoms with Gasteiger partial charge in [-0.3, -0.25) is 14.9 Å². The lowest BCUT2D eigenvalue weighted by molar-refractivity contribution is -0.384. The van der Waals surface area contributed by atoms with Gasteiger partial charge in [0.1, 0.15) is 0 Å². The standard InChI is InChI=1S/C20H21N5O3S/c1-4-24-18(15-7-5-6-13(2)12-15)22-23-20(24)29-14(3)19(26)21-16-8-10-17(11-9-16)25(27)28/h5-12,14H,4H2,1-3H3,(H,21,26). The van der Waals surface area contributed by atoms with E-state index in [0.29, 0.717) is 17.4 Å². The molecule has 1 aromatic heterocycles. The normalized spacial score (nSPS) is 11.8. The Bertz CT molecular complexity index is 1030.